The molecule has 0 saturated heterocycles. The zero-order chi connectivity index (χ0) is 12.2. The fraction of sp³-hybridized carbons (Fsp3) is 0.833. The molecule has 0 amide bonds. The number of aliphatic hydroxyl groups excluding tert-OH is 4. The van der Waals surface area contributed by atoms with E-state index < -0.39 is 38.2 Å². The summed E-state index contributed by atoms with van der Waals surface area (Å²) in [6.07, 6.45) is -6.21. The van der Waals surface area contributed by atoms with E-state index in [0.29, 0.717) is 0 Å². The Balaban J connectivity index is 4.50. The van der Waals surface area contributed by atoms with Crippen LogP contribution in [0.4, 0.5) is 0 Å². The van der Waals surface area contributed by atoms with Crippen LogP contribution in [0, 0.1) is 0 Å². The number of carbonyl (C=O) groups excluding carboxylic acids is 1. The molecule has 0 aromatic rings. The lowest BCUT2D eigenvalue weighted by Crippen LogP contribution is -2.44. The van der Waals surface area contributed by atoms with Gasteiger partial charge >= 0.3 is 7.60 Å². The van der Waals surface area contributed by atoms with E-state index in [0.717, 1.165) is 0 Å². The summed E-state index contributed by atoms with van der Waals surface area (Å²) in [5.41, 5.74) is 0. The molecule has 4 atom stereocenters. The summed E-state index contributed by atoms with van der Waals surface area (Å²) in [7, 11) is -4.98. The molecule has 0 aliphatic rings. The van der Waals surface area contributed by atoms with E-state index in [-0.39, 0.29) is 6.29 Å². The minimum Gasteiger partial charge on any atom is -0.390 e. The Morgan fingerprint density at radius 2 is 1.53 bits per heavy atom. The third-order valence-corrected chi connectivity index (χ3v) is 2.73. The molecule has 0 fully saturated rings. The number of aliphatic hydroxyl groups is 4. The maximum atomic E-state index is 10.5. The van der Waals surface area contributed by atoms with Gasteiger partial charge < -0.3 is 35.0 Å². The summed E-state index contributed by atoms with van der Waals surface area (Å²) in [6.45, 7) is 0. The first-order valence-corrected chi connectivity index (χ1v) is 5.61. The molecule has 0 aromatic carbocycles. The molecule has 1 unspecified atom stereocenters. The van der Waals surface area contributed by atoms with Gasteiger partial charge in [0.05, 0.1) is 6.10 Å². The topological polar surface area (TPSA) is 156 Å². The molecule has 15 heavy (non-hydrogen) atoms. The largest absolute Gasteiger partial charge is 0.390 e. The Labute approximate surface area is 85.0 Å². The number of hydrogen-bond donors (Lipinski definition) is 6. The van der Waals surface area contributed by atoms with Crippen LogP contribution in [0.2, 0.25) is 0 Å². The van der Waals surface area contributed by atoms with Gasteiger partial charge in [0.25, 0.3) is 0 Å². The van der Waals surface area contributed by atoms with Gasteiger partial charge in [-0.15, -0.1) is 0 Å². The quantitative estimate of drug-likeness (QED) is 0.215. The molecule has 0 heterocycles. The van der Waals surface area contributed by atoms with Crippen LogP contribution in [0.25, 0.3) is 0 Å². The van der Waals surface area contributed by atoms with Crippen LogP contribution >= 0.6 is 7.60 Å². The van der Waals surface area contributed by atoms with Gasteiger partial charge in [-0.25, -0.2) is 0 Å². The summed E-state index contributed by atoms with van der Waals surface area (Å²) in [6, 6.07) is 0. The van der Waals surface area contributed by atoms with E-state index in [1.807, 2.05) is 0 Å². The average molecular weight is 244 g/mol. The number of rotatable bonds is 6. The molecule has 90 valence electrons. The molecule has 0 spiro atoms. The van der Waals surface area contributed by atoms with Crippen molar-refractivity contribution < 1.29 is 39.6 Å². The van der Waals surface area contributed by atoms with Gasteiger partial charge in [-0.1, -0.05) is 0 Å². The monoisotopic (exact) mass is 244 g/mol. The highest BCUT2D eigenvalue weighted by Crippen LogP contribution is 2.42. The van der Waals surface area contributed by atoms with Crippen LogP contribution in [-0.4, -0.2) is 60.7 Å². The summed E-state index contributed by atoms with van der Waals surface area (Å²) < 4.78 is 10.5. The zero-order valence-electron chi connectivity index (χ0n) is 7.54. The first-order chi connectivity index (χ1) is 6.71. The lowest BCUT2D eigenvalue weighted by atomic mass is 10.1. The smallest absolute Gasteiger partial charge is 0.356 e. The molecule has 9 heteroatoms. The second-order valence-electron chi connectivity index (χ2n) is 2.95. The van der Waals surface area contributed by atoms with Crippen LogP contribution in [-0.2, 0) is 9.36 Å². The molecule has 8 nitrogen and oxygen atoms in total. The minimum absolute atomic E-state index is 0.254. The van der Waals surface area contributed by atoms with Crippen LogP contribution in [0.15, 0.2) is 0 Å². The van der Waals surface area contributed by atoms with Crippen LogP contribution in [0.3, 0.4) is 0 Å². The summed E-state index contributed by atoms with van der Waals surface area (Å²) in [5, 5.41) is 36.0. The highest BCUT2D eigenvalue weighted by Gasteiger charge is 2.39. The molecular weight excluding hydrogens is 231 g/mol. The Kier molecular flexibility index (Phi) is 5.54. The first-order valence-electron chi connectivity index (χ1n) is 3.93. The van der Waals surface area contributed by atoms with Crippen molar-refractivity contribution in [3.05, 3.63) is 0 Å². The number of carbonyl (C=O) groups is 1. The lowest BCUT2D eigenvalue weighted by Gasteiger charge is -2.25. The van der Waals surface area contributed by atoms with Crippen molar-refractivity contribution in [1.82, 2.24) is 0 Å². The SMILES string of the molecule is O=CC[C@@H](O)[C@H](O)[C@H](O)C(O)P(=O)(O)O. The Morgan fingerprint density at radius 1 is 1.07 bits per heavy atom. The van der Waals surface area contributed by atoms with Crippen LogP contribution in [0.1, 0.15) is 6.42 Å². The molecular formula is C6H13O8P. The molecule has 0 radical (unpaired) electrons. The van der Waals surface area contributed by atoms with E-state index >= 15 is 0 Å². The van der Waals surface area contributed by atoms with Crippen molar-refractivity contribution in [3.8, 4) is 0 Å². The Bertz CT molecular complexity index is 250. The second-order valence-corrected chi connectivity index (χ2v) is 4.66. The number of aldehydes is 1. The third-order valence-electron chi connectivity index (χ3n) is 1.73. The average Bonchev–Trinajstić information content (AvgIpc) is 2.13. The minimum atomic E-state index is -4.98. The fourth-order valence-corrected chi connectivity index (χ4v) is 1.42. The maximum absolute atomic E-state index is 10.5. The third kappa shape index (κ3) is 4.35. The standard InChI is InChI=1S/C6H13O8P/c7-2-1-3(8)4(9)5(10)6(11)15(12,13)14/h2-6,8-11H,1H2,(H2,12,13,14)/t3-,4+,5+,6?/m1/s1. The Hall–Kier alpha value is -0.340. The van der Waals surface area contributed by atoms with Crippen molar-refractivity contribution in [2.45, 2.75) is 30.6 Å². The van der Waals surface area contributed by atoms with Gasteiger partial charge in [-0.3, -0.25) is 4.57 Å². The fourth-order valence-electron chi connectivity index (χ4n) is 0.841. The van der Waals surface area contributed by atoms with Crippen molar-refractivity contribution >= 4 is 13.9 Å². The summed E-state index contributed by atoms with van der Waals surface area (Å²) >= 11 is 0. The van der Waals surface area contributed by atoms with E-state index in [2.05, 4.69) is 0 Å². The zero-order valence-corrected chi connectivity index (χ0v) is 8.44. The predicted molar refractivity (Wildman–Crippen MR) is 46.8 cm³/mol. The number of hydrogen-bond acceptors (Lipinski definition) is 6. The highest BCUT2D eigenvalue weighted by atomic mass is 31.2. The summed E-state index contributed by atoms with van der Waals surface area (Å²) in [4.78, 5) is 26.9. The van der Waals surface area contributed by atoms with E-state index in [9.17, 15) is 9.36 Å². The van der Waals surface area contributed by atoms with Gasteiger partial charge in [-0.05, 0) is 0 Å². The first kappa shape index (κ1) is 14.7. The highest BCUT2D eigenvalue weighted by molar-refractivity contribution is 7.52. The van der Waals surface area contributed by atoms with Crippen molar-refractivity contribution in [1.29, 1.82) is 0 Å². The maximum Gasteiger partial charge on any atom is 0.356 e. The molecule has 0 aliphatic heterocycles. The molecule has 0 aliphatic carbocycles. The van der Waals surface area contributed by atoms with Gasteiger partial charge in [0.1, 0.15) is 18.5 Å². The van der Waals surface area contributed by atoms with Crippen LogP contribution in [0.5, 0.6) is 0 Å². The molecule has 0 aromatic heterocycles. The van der Waals surface area contributed by atoms with Gasteiger partial charge in [0.15, 0.2) is 5.85 Å². The Morgan fingerprint density at radius 3 is 1.87 bits per heavy atom. The van der Waals surface area contributed by atoms with Crippen molar-refractivity contribution in [3.63, 3.8) is 0 Å². The van der Waals surface area contributed by atoms with E-state index in [4.69, 9.17) is 30.2 Å². The predicted octanol–water partition coefficient (Wildman–Crippen LogP) is -2.85. The van der Waals surface area contributed by atoms with E-state index in [1.54, 1.807) is 0 Å². The molecule has 0 bridgehead atoms. The normalized spacial score (nSPS) is 20.4. The molecule has 0 saturated carbocycles. The van der Waals surface area contributed by atoms with Crippen LogP contribution < -0.4 is 0 Å². The lowest BCUT2D eigenvalue weighted by molar-refractivity contribution is -0.117. The summed E-state index contributed by atoms with van der Waals surface area (Å²) in [5.74, 6) is -2.51. The van der Waals surface area contributed by atoms with Gasteiger partial charge in [0, 0.05) is 6.42 Å². The van der Waals surface area contributed by atoms with Gasteiger partial charge in [-0.2, -0.15) is 0 Å². The van der Waals surface area contributed by atoms with E-state index in [1.165, 1.54) is 0 Å². The van der Waals surface area contributed by atoms with Crippen molar-refractivity contribution in [2.75, 3.05) is 0 Å². The van der Waals surface area contributed by atoms with Gasteiger partial charge in [0.2, 0.25) is 0 Å². The molecule has 0 rings (SSSR count). The van der Waals surface area contributed by atoms with Crippen molar-refractivity contribution in [2.24, 2.45) is 0 Å². The molecule has 6 N–H and O–H groups in total. The second kappa shape index (κ2) is 5.66.